The molecule has 1 fully saturated rings. The van der Waals surface area contributed by atoms with Gasteiger partial charge in [0.15, 0.2) is 17.4 Å². The Morgan fingerprint density at radius 1 is 1.11 bits per heavy atom. The largest absolute Gasteiger partial charge is 0.389 e. The maximum atomic E-state index is 11.2. The van der Waals surface area contributed by atoms with Gasteiger partial charge in [-0.25, -0.2) is 9.97 Å². The second-order valence-electron chi connectivity index (χ2n) is 9.00. The van der Waals surface area contributed by atoms with Crippen LogP contribution >= 0.6 is 11.3 Å². The predicted molar refractivity (Wildman–Crippen MR) is 139 cm³/mol. The first-order valence-electron chi connectivity index (χ1n) is 12.4. The highest BCUT2D eigenvalue weighted by atomic mass is 32.1. The van der Waals surface area contributed by atoms with Gasteiger partial charge >= 0.3 is 0 Å². The molecule has 0 saturated carbocycles. The van der Waals surface area contributed by atoms with E-state index in [1.54, 1.807) is 11.3 Å². The van der Waals surface area contributed by atoms with Crippen molar-refractivity contribution in [1.82, 2.24) is 20.2 Å². The van der Waals surface area contributed by atoms with Crippen molar-refractivity contribution in [1.29, 1.82) is 0 Å². The number of hydrogen-bond acceptors (Lipinski definition) is 8. The van der Waals surface area contributed by atoms with Crippen LogP contribution in [0.2, 0.25) is 0 Å². The molecule has 2 N–H and O–H groups in total. The summed E-state index contributed by atoms with van der Waals surface area (Å²) in [4.78, 5) is 24.9. The number of Topliss-reactive ketones (excluding diaryl/α,β-unsaturated/α-hetero) is 1. The summed E-state index contributed by atoms with van der Waals surface area (Å²) in [6.45, 7) is 2.74. The number of ketones is 1. The second-order valence-corrected chi connectivity index (χ2v) is 10.1. The molecular formula is C26H31N5O3S. The van der Waals surface area contributed by atoms with E-state index in [-0.39, 0.29) is 12.4 Å². The third-order valence-corrected chi connectivity index (χ3v) is 7.68. The lowest BCUT2D eigenvalue weighted by Gasteiger charge is -2.28. The summed E-state index contributed by atoms with van der Waals surface area (Å²) in [6.07, 6.45) is 8.61. The molecule has 35 heavy (non-hydrogen) atoms. The van der Waals surface area contributed by atoms with Gasteiger partial charge in [0.2, 0.25) is 0 Å². The number of unbranched alkanes of at least 4 members (excludes halogenated alkanes) is 4. The lowest BCUT2D eigenvalue weighted by Crippen LogP contribution is -2.36. The number of nitrogens with zero attached hydrogens (tertiary/aromatic N) is 4. The number of carbonyl (C=O) groups excluding carboxylic acids is 1. The molecule has 1 saturated heterocycles. The molecule has 4 heterocycles. The maximum absolute atomic E-state index is 11.2. The van der Waals surface area contributed by atoms with Gasteiger partial charge in [0.25, 0.3) is 0 Å². The van der Waals surface area contributed by atoms with Gasteiger partial charge in [-0.05, 0) is 31.4 Å². The Hall–Kier alpha value is -2.88. The van der Waals surface area contributed by atoms with E-state index in [1.165, 1.54) is 4.88 Å². The molecular weight excluding hydrogens is 462 g/mol. The Morgan fingerprint density at radius 3 is 2.80 bits per heavy atom. The normalized spacial score (nSPS) is 14.3. The zero-order chi connectivity index (χ0) is 24.0. The molecule has 0 unspecified atom stereocenters. The van der Waals surface area contributed by atoms with Crippen LogP contribution in [0.4, 0.5) is 5.82 Å². The first-order valence-corrected chi connectivity index (χ1v) is 13.2. The molecule has 9 heteroatoms. The minimum absolute atomic E-state index is 0.0594. The highest BCUT2D eigenvalue weighted by Crippen LogP contribution is 2.36. The Bertz CT molecular complexity index is 1290. The minimum atomic E-state index is -0.333. The number of benzene rings is 1. The monoisotopic (exact) mass is 493 g/mol. The first-order chi connectivity index (χ1) is 17.2. The molecule has 0 aliphatic carbocycles. The first kappa shape index (κ1) is 23.8. The van der Waals surface area contributed by atoms with Crippen molar-refractivity contribution in [2.45, 2.75) is 44.9 Å². The quantitative estimate of drug-likeness (QED) is 0.296. The molecule has 1 aliphatic heterocycles. The van der Waals surface area contributed by atoms with Crippen molar-refractivity contribution in [2.75, 3.05) is 37.8 Å². The van der Waals surface area contributed by atoms with E-state index in [9.17, 15) is 4.79 Å². The highest BCUT2D eigenvalue weighted by molar-refractivity contribution is 7.19. The number of fused-ring (bicyclic) bond motifs is 2. The van der Waals surface area contributed by atoms with Crippen LogP contribution in [0, 0.1) is 0 Å². The predicted octanol–water partition coefficient (Wildman–Crippen LogP) is 4.52. The van der Waals surface area contributed by atoms with E-state index in [0.29, 0.717) is 19.6 Å². The summed E-state index contributed by atoms with van der Waals surface area (Å²) in [7, 11) is 0. The number of aliphatic hydroxyl groups excluding tert-OH is 1. The fourth-order valence-corrected chi connectivity index (χ4v) is 5.75. The van der Waals surface area contributed by atoms with E-state index < -0.39 is 0 Å². The van der Waals surface area contributed by atoms with E-state index in [4.69, 9.17) is 19.8 Å². The van der Waals surface area contributed by atoms with Crippen LogP contribution in [0.25, 0.3) is 32.5 Å². The van der Waals surface area contributed by atoms with Crippen molar-refractivity contribution >= 4 is 44.1 Å². The summed E-state index contributed by atoms with van der Waals surface area (Å²) in [5.74, 6) is 1.67. The van der Waals surface area contributed by atoms with E-state index in [1.807, 2.05) is 18.3 Å². The average molecular weight is 494 g/mol. The van der Waals surface area contributed by atoms with Gasteiger partial charge in [-0.2, -0.15) is 5.10 Å². The molecule has 8 nitrogen and oxygen atoms in total. The molecule has 5 rings (SSSR count). The maximum Gasteiger partial charge on any atom is 0.162 e. The Morgan fingerprint density at radius 2 is 1.94 bits per heavy atom. The van der Waals surface area contributed by atoms with Crippen LogP contribution in [0.1, 0.15) is 43.4 Å². The molecule has 1 aliphatic rings. The average Bonchev–Trinajstić information content (AvgIpc) is 3.54. The lowest BCUT2D eigenvalue weighted by molar-refractivity contribution is -0.121. The van der Waals surface area contributed by atoms with Crippen molar-refractivity contribution in [3.05, 3.63) is 35.3 Å². The topological polar surface area (TPSA) is 104 Å². The van der Waals surface area contributed by atoms with Gasteiger partial charge in [-0.1, -0.05) is 31.4 Å². The third-order valence-electron chi connectivity index (χ3n) is 6.50. The van der Waals surface area contributed by atoms with Crippen LogP contribution in [-0.4, -0.2) is 64.0 Å². The Balaban J connectivity index is 1.35. The standard InChI is InChI=1S/C26H31N5O3S/c32-17-18(33)7-4-2-1-3-5-8-19-15-23-24(35-19)26(31-11-13-34-14-12-31)29-25(28-23)20-9-6-10-22-21(20)16-27-30-22/h6,9-10,15-16,32H,1-5,7-8,11-14,17H2,(H,27,30). The molecule has 3 aromatic heterocycles. The minimum Gasteiger partial charge on any atom is -0.389 e. The number of H-pyrrole nitrogens is 1. The van der Waals surface area contributed by atoms with E-state index >= 15 is 0 Å². The smallest absolute Gasteiger partial charge is 0.162 e. The van der Waals surface area contributed by atoms with E-state index in [2.05, 4.69) is 27.2 Å². The molecule has 0 amide bonds. The third kappa shape index (κ3) is 5.52. The summed E-state index contributed by atoms with van der Waals surface area (Å²) in [5, 5.41) is 17.1. The zero-order valence-corrected chi connectivity index (χ0v) is 20.6. The van der Waals surface area contributed by atoms with Crippen molar-refractivity contribution in [3.8, 4) is 11.4 Å². The molecule has 0 bridgehead atoms. The number of carbonyl (C=O) groups is 1. The van der Waals surface area contributed by atoms with Crippen molar-refractivity contribution in [3.63, 3.8) is 0 Å². The van der Waals surface area contributed by atoms with Gasteiger partial charge < -0.3 is 14.7 Å². The van der Waals surface area contributed by atoms with Crippen LogP contribution in [0.15, 0.2) is 30.5 Å². The summed E-state index contributed by atoms with van der Waals surface area (Å²) in [5.41, 5.74) is 2.96. The summed E-state index contributed by atoms with van der Waals surface area (Å²) >= 11 is 1.80. The molecule has 0 spiro atoms. The number of rotatable bonds is 11. The summed E-state index contributed by atoms with van der Waals surface area (Å²) in [6, 6.07) is 8.31. The van der Waals surface area contributed by atoms with Crippen molar-refractivity contribution in [2.24, 2.45) is 0 Å². The van der Waals surface area contributed by atoms with Crippen LogP contribution in [0.3, 0.4) is 0 Å². The number of hydrogen-bond donors (Lipinski definition) is 2. The van der Waals surface area contributed by atoms with Crippen LogP contribution in [0.5, 0.6) is 0 Å². The molecule has 0 atom stereocenters. The van der Waals surface area contributed by atoms with Gasteiger partial charge in [0, 0.05) is 35.3 Å². The number of morpholine rings is 1. The lowest BCUT2D eigenvalue weighted by atomic mass is 10.1. The zero-order valence-electron chi connectivity index (χ0n) is 19.8. The number of aliphatic hydroxyl groups is 1. The molecule has 4 aromatic rings. The number of aromatic amines is 1. The van der Waals surface area contributed by atoms with E-state index in [0.717, 1.165) is 89.9 Å². The molecule has 0 radical (unpaired) electrons. The van der Waals surface area contributed by atoms with Gasteiger partial charge in [0.05, 0.1) is 35.1 Å². The number of anilines is 1. The van der Waals surface area contributed by atoms with Crippen LogP contribution < -0.4 is 4.90 Å². The number of aryl methyl sites for hydroxylation is 1. The number of ether oxygens (including phenoxy) is 1. The highest BCUT2D eigenvalue weighted by Gasteiger charge is 2.21. The SMILES string of the molecule is O=C(CO)CCCCCCCc1cc2nc(-c3cccc4[nH]ncc34)nc(N3CCOCC3)c2s1. The van der Waals surface area contributed by atoms with Crippen LogP contribution in [-0.2, 0) is 16.0 Å². The summed E-state index contributed by atoms with van der Waals surface area (Å²) < 4.78 is 6.73. The molecule has 184 valence electrons. The molecule has 1 aromatic carbocycles. The van der Waals surface area contributed by atoms with Gasteiger partial charge in [-0.3, -0.25) is 9.89 Å². The Labute approximate surface area is 208 Å². The number of thiophene rings is 1. The number of nitrogens with one attached hydrogen (secondary N) is 1. The Kier molecular flexibility index (Phi) is 7.66. The number of aromatic nitrogens is 4. The fraction of sp³-hybridized carbons (Fsp3) is 0.462. The van der Waals surface area contributed by atoms with Gasteiger partial charge in [-0.15, -0.1) is 11.3 Å². The second kappa shape index (κ2) is 11.2. The van der Waals surface area contributed by atoms with Gasteiger partial charge in [0.1, 0.15) is 6.61 Å². The van der Waals surface area contributed by atoms with Crippen molar-refractivity contribution < 1.29 is 14.6 Å². The fourth-order valence-electron chi connectivity index (χ4n) is 4.59.